The third kappa shape index (κ3) is 5.32. The number of aromatic nitrogens is 3. The summed E-state index contributed by atoms with van der Waals surface area (Å²) in [4.78, 5) is 10.5. The summed E-state index contributed by atoms with van der Waals surface area (Å²) >= 11 is 10.9. The second kappa shape index (κ2) is 5.49. The van der Waals surface area contributed by atoms with E-state index in [1.807, 2.05) is 0 Å². The Morgan fingerprint density at radius 1 is 1.06 bits per heavy atom. The topological polar surface area (TPSA) is 47.9 Å². The summed E-state index contributed by atoms with van der Waals surface area (Å²) in [5, 5.41) is -0.350. The minimum absolute atomic E-state index is 0.170. The highest BCUT2D eigenvalue weighted by Gasteiger charge is 2.26. The Morgan fingerprint density at radius 3 is 2.12 bits per heavy atom. The molecule has 0 aliphatic heterocycles. The van der Waals surface area contributed by atoms with Crippen molar-refractivity contribution in [3.05, 3.63) is 10.6 Å². The van der Waals surface area contributed by atoms with Crippen molar-refractivity contribution in [2.75, 3.05) is 6.61 Å². The molecule has 0 amide bonds. The van der Waals surface area contributed by atoms with Crippen LogP contribution >= 0.6 is 23.2 Å². The predicted molar refractivity (Wildman–Crippen MR) is 50.6 cm³/mol. The van der Waals surface area contributed by atoms with Gasteiger partial charge >= 0.3 is 12.2 Å². The van der Waals surface area contributed by atoms with Crippen LogP contribution in [-0.2, 0) is 0 Å². The lowest BCUT2D eigenvalue weighted by Gasteiger charge is -2.06. The van der Waals surface area contributed by atoms with Gasteiger partial charge in [0.1, 0.15) is 0 Å². The van der Waals surface area contributed by atoms with Gasteiger partial charge in [0.2, 0.25) is 10.6 Å². The predicted octanol–water partition coefficient (Wildman–Crippen LogP) is 2.90. The Balaban J connectivity index is 2.37. The molecule has 0 saturated heterocycles. The van der Waals surface area contributed by atoms with Crippen LogP contribution in [0, 0.1) is 0 Å². The molecule has 90 valence electrons. The minimum Gasteiger partial charge on any atom is -0.463 e. The van der Waals surface area contributed by atoms with Gasteiger partial charge in [0, 0.05) is 6.42 Å². The lowest BCUT2D eigenvalue weighted by atomic mass is 10.3. The second-order valence-electron chi connectivity index (χ2n) is 2.72. The third-order valence-corrected chi connectivity index (χ3v) is 1.73. The summed E-state index contributed by atoms with van der Waals surface area (Å²) in [5.41, 5.74) is 0. The van der Waals surface area contributed by atoms with E-state index >= 15 is 0 Å². The molecule has 9 heteroatoms. The van der Waals surface area contributed by atoms with Crippen molar-refractivity contribution in [3.63, 3.8) is 0 Å². The van der Waals surface area contributed by atoms with Crippen molar-refractivity contribution in [1.29, 1.82) is 0 Å². The highest BCUT2D eigenvalue weighted by atomic mass is 35.5. The minimum atomic E-state index is -4.20. The molecule has 0 fully saturated rings. The van der Waals surface area contributed by atoms with Crippen molar-refractivity contribution in [2.45, 2.75) is 19.0 Å². The fourth-order valence-corrected chi connectivity index (χ4v) is 1.16. The second-order valence-corrected chi connectivity index (χ2v) is 3.40. The van der Waals surface area contributed by atoms with Gasteiger partial charge < -0.3 is 4.74 Å². The summed E-state index contributed by atoms with van der Waals surface area (Å²) in [6, 6.07) is -0.188. The third-order valence-electron chi connectivity index (χ3n) is 1.40. The normalized spacial score (nSPS) is 11.6. The summed E-state index contributed by atoms with van der Waals surface area (Å²) < 4.78 is 40.1. The van der Waals surface area contributed by atoms with Gasteiger partial charge in [-0.25, -0.2) is 0 Å². The van der Waals surface area contributed by atoms with Crippen LogP contribution in [0.5, 0.6) is 6.01 Å². The molecule has 1 heterocycles. The van der Waals surface area contributed by atoms with Gasteiger partial charge in [0.15, 0.2) is 0 Å². The first-order valence-corrected chi connectivity index (χ1v) is 4.89. The number of ether oxygens (including phenoxy) is 1. The molecule has 0 spiro atoms. The first kappa shape index (κ1) is 13.2. The van der Waals surface area contributed by atoms with Crippen LogP contribution in [-0.4, -0.2) is 27.7 Å². The molecule has 0 N–H and O–H groups in total. The number of rotatable bonds is 4. The van der Waals surface area contributed by atoms with E-state index in [4.69, 9.17) is 27.9 Å². The standard InChI is InChI=1S/C7H6Cl2F3N3O/c8-4-13-5(9)15-6(14-4)16-3-1-2-7(10,11)12/h1-3H2. The lowest BCUT2D eigenvalue weighted by molar-refractivity contribution is -0.136. The highest BCUT2D eigenvalue weighted by Crippen LogP contribution is 2.21. The zero-order valence-corrected chi connectivity index (χ0v) is 9.27. The van der Waals surface area contributed by atoms with E-state index in [2.05, 4.69) is 15.0 Å². The molecular weight excluding hydrogens is 270 g/mol. The number of nitrogens with zero attached hydrogens (tertiary/aromatic N) is 3. The van der Waals surface area contributed by atoms with Gasteiger partial charge in [-0.15, -0.1) is 0 Å². The van der Waals surface area contributed by atoms with Gasteiger partial charge in [0.25, 0.3) is 0 Å². The fraction of sp³-hybridized carbons (Fsp3) is 0.571. The first-order valence-electron chi connectivity index (χ1n) is 4.13. The molecule has 0 unspecified atom stereocenters. The number of halogens is 5. The van der Waals surface area contributed by atoms with E-state index in [1.165, 1.54) is 0 Å². The van der Waals surface area contributed by atoms with Crippen LogP contribution in [0.4, 0.5) is 13.2 Å². The van der Waals surface area contributed by atoms with Gasteiger partial charge in [-0.1, -0.05) is 0 Å². The highest BCUT2D eigenvalue weighted by molar-refractivity contribution is 6.31. The molecule has 1 aromatic heterocycles. The average molecular weight is 276 g/mol. The summed E-state index contributed by atoms with van der Waals surface area (Å²) in [7, 11) is 0. The Kier molecular flexibility index (Phi) is 4.55. The van der Waals surface area contributed by atoms with Gasteiger partial charge in [0.05, 0.1) is 6.61 Å². The Bertz CT molecular complexity index is 341. The molecule has 1 aromatic rings. The smallest absolute Gasteiger partial charge is 0.389 e. The summed E-state index contributed by atoms with van der Waals surface area (Å²) in [5.74, 6) is 0. The molecule has 0 aromatic carbocycles. The fourth-order valence-electron chi connectivity index (χ4n) is 0.810. The molecule has 0 aliphatic rings. The Hall–Kier alpha value is -0.820. The average Bonchev–Trinajstić information content (AvgIpc) is 2.09. The van der Waals surface area contributed by atoms with Crippen LogP contribution in [0.1, 0.15) is 12.8 Å². The number of hydrogen-bond acceptors (Lipinski definition) is 4. The molecule has 4 nitrogen and oxygen atoms in total. The quantitative estimate of drug-likeness (QED) is 0.793. The molecule has 0 aliphatic carbocycles. The molecular formula is C7H6Cl2F3N3O. The maximum atomic E-state index is 11.8. The van der Waals surface area contributed by atoms with Crippen LogP contribution < -0.4 is 4.74 Å². The van der Waals surface area contributed by atoms with E-state index in [-0.39, 0.29) is 29.6 Å². The van der Waals surface area contributed by atoms with Crippen molar-refractivity contribution >= 4 is 23.2 Å². The maximum Gasteiger partial charge on any atom is 0.389 e. The zero-order chi connectivity index (χ0) is 12.2. The lowest BCUT2D eigenvalue weighted by Crippen LogP contribution is -2.10. The van der Waals surface area contributed by atoms with Crippen LogP contribution in [0.25, 0.3) is 0 Å². The van der Waals surface area contributed by atoms with Gasteiger partial charge in [-0.3, -0.25) is 0 Å². The summed E-state index contributed by atoms with van der Waals surface area (Å²) in [6.45, 7) is -0.170. The van der Waals surface area contributed by atoms with Crippen molar-refractivity contribution in [2.24, 2.45) is 0 Å². The molecule has 1 rings (SSSR count). The van der Waals surface area contributed by atoms with Crippen molar-refractivity contribution in [3.8, 4) is 6.01 Å². The van der Waals surface area contributed by atoms with E-state index in [0.29, 0.717) is 0 Å². The van der Waals surface area contributed by atoms with E-state index < -0.39 is 12.6 Å². The monoisotopic (exact) mass is 275 g/mol. The summed E-state index contributed by atoms with van der Waals surface area (Å²) in [6.07, 6.45) is -5.32. The first-order chi connectivity index (χ1) is 7.37. The Labute approximate surface area is 98.8 Å². The van der Waals surface area contributed by atoms with Crippen LogP contribution in [0.3, 0.4) is 0 Å². The number of alkyl halides is 3. The van der Waals surface area contributed by atoms with Crippen LogP contribution in [0.2, 0.25) is 10.6 Å². The molecule has 0 radical (unpaired) electrons. The van der Waals surface area contributed by atoms with Crippen LogP contribution in [0.15, 0.2) is 0 Å². The van der Waals surface area contributed by atoms with Gasteiger partial charge in [-0.05, 0) is 29.6 Å². The molecule has 0 atom stereocenters. The molecule has 16 heavy (non-hydrogen) atoms. The van der Waals surface area contributed by atoms with E-state index in [9.17, 15) is 13.2 Å². The maximum absolute atomic E-state index is 11.8. The molecule has 0 saturated carbocycles. The van der Waals surface area contributed by atoms with Crippen molar-refractivity contribution < 1.29 is 17.9 Å². The SMILES string of the molecule is FC(F)(F)CCCOc1nc(Cl)nc(Cl)n1. The number of hydrogen-bond donors (Lipinski definition) is 0. The van der Waals surface area contributed by atoms with Gasteiger partial charge in [-0.2, -0.15) is 28.1 Å². The largest absolute Gasteiger partial charge is 0.463 e. The Morgan fingerprint density at radius 2 is 1.62 bits per heavy atom. The molecule has 0 bridgehead atoms. The van der Waals surface area contributed by atoms with E-state index in [1.54, 1.807) is 0 Å². The zero-order valence-electron chi connectivity index (χ0n) is 7.76. The van der Waals surface area contributed by atoms with Crippen molar-refractivity contribution in [1.82, 2.24) is 15.0 Å². The van der Waals surface area contributed by atoms with E-state index in [0.717, 1.165) is 0 Å².